The second kappa shape index (κ2) is 49.4. The van der Waals surface area contributed by atoms with Crippen molar-refractivity contribution in [1.29, 1.82) is 0 Å². The minimum Gasteiger partial charge on any atom is -0.462 e. The van der Waals surface area contributed by atoms with Crippen molar-refractivity contribution in [3.63, 3.8) is 0 Å². The third-order valence-electron chi connectivity index (χ3n) is 12.5. The Morgan fingerprint density at radius 2 is 0.622 bits per heavy atom. The Morgan fingerprint density at radius 3 is 0.919 bits per heavy atom. The number of unbranched alkanes of at least 4 members (excludes halogenated alkanes) is 27. The van der Waals surface area contributed by atoms with E-state index in [1.807, 2.05) is 0 Å². The maximum absolute atomic E-state index is 12.9. The lowest BCUT2D eigenvalue weighted by Crippen LogP contribution is -2.30. The highest BCUT2D eigenvalue weighted by molar-refractivity contribution is 7.47. The summed E-state index contributed by atoms with van der Waals surface area (Å²) in [5.41, 5.74) is 0. The van der Waals surface area contributed by atoms with Crippen molar-refractivity contribution in [1.82, 2.24) is 0 Å². The van der Waals surface area contributed by atoms with Gasteiger partial charge in [0.2, 0.25) is 0 Å². The van der Waals surface area contributed by atoms with Gasteiger partial charge in [0, 0.05) is 25.7 Å². The fraction of sp³-hybridized carbons (Fsp3) is 0.927. The number of aliphatic hydroxyl groups excluding tert-OH is 1. The highest BCUT2D eigenvalue weighted by Gasteiger charge is 2.30. The number of esters is 4. The van der Waals surface area contributed by atoms with E-state index in [0.29, 0.717) is 31.6 Å². The van der Waals surface area contributed by atoms with Gasteiger partial charge in [0.05, 0.1) is 26.4 Å². The summed E-state index contributed by atoms with van der Waals surface area (Å²) in [7, 11) is -9.86. The fourth-order valence-corrected chi connectivity index (χ4v) is 9.57. The third-order valence-corrected chi connectivity index (χ3v) is 14.4. The van der Waals surface area contributed by atoms with Crippen LogP contribution < -0.4 is 0 Å². The molecule has 0 heterocycles. The Bertz CT molecular complexity index is 1470. The number of rotatable bonds is 55. The van der Waals surface area contributed by atoms with Crippen LogP contribution in [0.1, 0.15) is 266 Å². The van der Waals surface area contributed by atoms with Gasteiger partial charge in [-0.15, -0.1) is 0 Å². The summed E-state index contributed by atoms with van der Waals surface area (Å²) in [5, 5.41) is 10.5. The highest BCUT2D eigenvalue weighted by Crippen LogP contribution is 2.45. The van der Waals surface area contributed by atoms with Crippen LogP contribution in [0.25, 0.3) is 0 Å². The van der Waals surface area contributed by atoms with Crippen molar-refractivity contribution in [3.8, 4) is 0 Å². The van der Waals surface area contributed by atoms with E-state index in [-0.39, 0.29) is 25.7 Å². The van der Waals surface area contributed by atoms with E-state index in [0.717, 1.165) is 109 Å². The van der Waals surface area contributed by atoms with E-state index in [1.54, 1.807) is 0 Å². The second-order valence-electron chi connectivity index (χ2n) is 20.4. The van der Waals surface area contributed by atoms with Crippen molar-refractivity contribution in [3.05, 3.63) is 0 Å². The molecule has 438 valence electrons. The molecular formula is C55H106O17P2. The lowest BCUT2D eigenvalue weighted by molar-refractivity contribution is -0.161. The third kappa shape index (κ3) is 49.6. The molecule has 0 saturated carbocycles. The Hall–Kier alpha value is -1.94. The minimum absolute atomic E-state index is 0.103. The van der Waals surface area contributed by atoms with Crippen molar-refractivity contribution in [2.75, 3.05) is 39.6 Å². The molecule has 0 aromatic rings. The minimum atomic E-state index is -4.93. The summed E-state index contributed by atoms with van der Waals surface area (Å²) >= 11 is 0. The summed E-state index contributed by atoms with van der Waals surface area (Å²) in [4.78, 5) is 71.5. The molecule has 0 aliphatic heterocycles. The van der Waals surface area contributed by atoms with Gasteiger partial charge in [-0.2, -0.15) is 0 Å². The fourth-order valence-electron chi connectivity index (χ4n) is 7.99. The van der Waals surface area contributed by atoms with E-state index in [2.05, 4.69) is 34.6 Å². The van der Waals surface area contributed by atoms with Gasteiger partial charge in [0.1, 0.15) is 19.3 Å². The Kier molecular flexibility index (Phi) is 48.1. The molecule has 3 N–H and O–H groups in total. The van der Waals surface area contributed by atoms with Gasteiger partial charge in [-0.25, -0.2) is 9.13 Å². The normalized spacial score (nSPS) is 14.5. The number of carbonyl (C=O) groups is 4. The lowest BCUT2D eigenvalue weighted by Gasteiger charge is -2.21. The molecule has 0 aliphatic carbocycles. The van der Waals surface area contributed by atoms with Gasteiger partial charge in [0.25, 0.3) is 0 Å². The standard InChI is InChI=1S/C55H106O17P2/c1-6-9-12-15-18-23-28-33-38-52(57)65-44-50(71-54(59)40-35-30-25-20-17-14-11-8-3)46-69-73(61,62)67-42-49(56)43-68-74(63,64)70-47-51(45-66-53(58)39-34-29-24-19-16-13-10-7-2)72-55(60)41-36-31-26-21-22-27-32-37-48(4)5/h48-51,56H,6-47H2,1-5H3,(H,61,62)(H,63,64)/t49-,50+,51+/m0/s1. The monoisotopic (exact) mass is 1100 g/mol. The van der Waals surface area contributed by atoms with E-state index < -0.39 is 97.5 Å². The molecule has 74 heavy (non-hydrogen) atoms. The first-order chi connectivity index (χ1) is 35.5. The first-order valence-electron chi connectivity index (χ1n) is 29.1. The van der Waals surface area contributed by atoms with E-state index in [4.69, 9.17) is 37.0 Å². The summed E-state index contributed by atoms with van der Waals surface area (Å²) in [6.07, 6.45) is 29.6. The number of hydrogen-bond acceptors (Lipinski definition) is 15. The van der Waals surface area contributed by atoms with Gasteiger partial charge in [-0.05, 0) is 31.6 Å². The number of phosphoric ester groups is 2. The average Bonchev–Trinajstić information content (AvgIpc) is 3.36. The van der Waals surface area contributed by atoms with Gasteiger partial charge in [-0.1, -0.05) is 214 Å². The van der Waals surface area contributed by atoms with Crippen molar-refractivity contribution < 1.29 is 80.2 Å². The summed E-state index contributed by atoms with van der Waals surface area (Å²) in [5.74, 6) is -1.46. The van der Waals surface area contributed by atoms with Crippen molar-refractivity contribution in [2.24, 2.45) is 5.92 Å². The van der Waals surface area contributed by atoms with E-state index >= 15 is 0 Å². The van der Waals surface area contributed by atoms with Gasteiger partial charge in [0.15, 0.2) is 12.2 Å². The zero-order chi connectivity index (χ0) is 55.0. The maximum atomic E-state index is 12.9. The number of carbonyl (C=O) groups excluding carboxylic acids is 4. The van der Waals surface area contributed by atoms with Crippen LogP contribution in [0, 0.1) is 5.92 Å². The number of phosphoric acid groups is 2. The predicted molar refractivity (Wildman–Crippen MR) is 289 cm³/mol. The zero-order valence-corrected chi connectivity index (χ0v) is 48.7. The number of hydrogen-bond donors (Lipinski definition) is 3. The SMILES string of the molecule is CCCCCCCCCCC(=O)OC[C@H](COP(=O)(O)OC[C@H](O)COP(=O)(O)OC[C@@H](COC(=O)CCCCCCCCCC)OC(=O)CCCCCCCCCC(C)C)OC(=O)CCCCCCCCCC. The van der Waals surface area contributed by atoms with Crippen molar-refractivity contribution in [2.45, 2.75) is 284 Å². The largest absolute Gasteiger partial charge is 0.472 e. The second-order valence-corrected chi connectivity index (χ2v) is 23.4. The lowest BCUT2D eigenvalue weighted by atomic mass is 10.0. The molecule has 17 nitrogen and oxygen atoms in total. The van der Waals surface area contributed by atoms with Crippen LogP contribution in [0.15, 0.2) is 0 Å². The first kappa shape index (κ1) is 72.1. The number of ether oxygens (including phenoxy) is 4. The molecule has 0 spiro atoms. The average molecular weight is 1100 g/mol. The smallest absolute Gasteiger partial charge is 0.462 e. The Balaban J connectivity index is 5.20. The van der Waals surface area contributed by atoms with E-state index in [9.17, 15) is 43.2 Å². The van der Waals surface area contributed by atoms with Crippen LogP contribution in [0.3, 0.4) is 0 Å². The summed E-state index contributed by atoms with van der Waals surface area (Å²) in [6, 6.07) is 0. The number of aliphatic hydroxyl groups is 1. The van der Waals surface area contributed by atoms with E-state index in [1.165, 1.54) is 70.6 Å². The molecule has 0 amide bonds. The van der Waals surface area contributed by atoms with Crippen LogP contribution in [0.5, 0.6) is 0 Å². The van der Waals surface area contributed by atoms with Gasteiger partial charge < -0.3 is 33.8 Å². The van der Waals surface area contributed by atoms with Crippen LogP contribution in [0.2, 0.25) is 0 Å². The molecule has 5 atom stereocenters. The zero-order valence-electron chi connectivity index (χ0n) is 47.0. The predicted octanol–water partition coefficient (Wildman–Crippen LogP) is 14.3. The molecule has 0 fully saturated rings. The molecule has 0 aromatic carbocycles. The molecule has 0 bridgehead atoms. The van der Waals surface area contributed by atoms with Crippen LogP contribution in [-0.2, 0) is 65.4 Å². The summed E-state index contributed by atoms with van der Waals surface area (Å²) in [6.45, 7) is 6.98. The van der Waals surface area contributed by atoms with Crippen LogP contribution in [0.4, 0.5) is 0 Å². The molecule has 0 saturated heterocycles. The van der Waals surface area contributed by atoms with Crippen LogP contribution >= 0.6 is 15.6 Å². The summed E-state index contributed by atoms with van der Waals surface area (Å²) < 4.78 is 67.4. The van der Waals surface area contributed by atoms with Crippen molar-refractivity contribution >= 4 is 39.5 Å². The Morgan fingerprint density at radius 1 is 0.365 bits per heavy atom. The Labute approximate surface area is 447 Å². The highest BCUT2D eigenvalue weighted by atomic mass is 31.2. The molecule has 0 aromatic heterocycles. The first-order valence-corrected chi connectivity index (χ1v) is 32.1. The topological polar surface area (TPSA) is 237 Å². The molecule has 0 radical (unpaired) electrons. The quantitative estimate of drug-likeness (QED) is 0.0222. The molecule has 0 aliphatic rings. The molecule has 19 heteroatoms. The maximum Gasteiger partial charge on any atom is 0.472 e. The van der Waals surface area contributed by atoms with Crippen LogP contribution in [-0.4, -0.2) is 96.7 Å². The molecule has 0 rings (SSSR count). The van der Waals surface area contributed by atoms with Gasteiger partial charge >= 0.3 is 39.5 Å². The molecular weight excluding hydrogens is 995 g/mol. The van der Waals surface area contributed by atoms with Gasteiger partial charge in [-0.3, -0.25) is 37.3 Å². The molecule has 2 unspecified atom stereocenters.